The van der Waals surface area contributed by atoms with Crippen LogP contribution in [-0.4, -0.2) is 34.4 Å². The number of aryl methyl sites for hydroxylation is 1. The van der Waals surface area contributed by atoms with E-state index in [-0.39, 0.29) is 13.2 Å². The van der Waals surface area contributed by atoms with E-state index in [0.717, 1.165) is 28.1 Å². The Bertz CT molecular complexity index is 1500. The lowest BCUT2D eigenvalue weighted by Gasteiger charge is -2.22. The molecule has 0 atom stereocenters. The number of amides is 2. The van der Waals surface area contributed by atoms with E-state index < -0.39 is 12.2 Å². The molecule has 0 saturated heterocycles. The van der Waals surface area contributed by atoms with Gasteiger partial charge in [-0.15, -0.1) is 0 Å². The van der Waals surface area contributed by atoms with Gasteiger partial charge in [-0.2, -0.15) is 0 Å². The van der Waals surface area contributed by atoms with Crippen molar-refractivity contribution in [2.75, 3.05) is 13.1 Å². The summed E-state index contributed by atoms with van der Waals surface area (Å²) in [7, 11) is 2.09. The minimum Gasteiger partial charge on any atom is -0.445 e. The van der Waals surface area contributed by atoms with E-state index in [2.05, 4.69) is 51.1 Å². The van der Waals surface area contributed by atoms with Crippen LogP contribution in [0.5, 0.6) is 0 Å². The highest BCUT2D eigenvalue weighted by atomic mass is 35.5. The Morgan fingerprint density at radius 1 is 0.895 bits per heavy atom. The average Bonchev–Trinajstić information content (AvgIpc) is 3.37. The molecule has 0 aliphatic carbocycles. The molecule has 2 amide bonds. The van der Waals surface area contributed by atoms with Crippen molar-refractivity contribution in [1.82, 2.24) is 19.8 Å². The number of para-hydroxylation sites is 1. The first-order valence-electron chi connectivity index (χ1n) is 12.8. The van der Waals surface area contributed by atoms with Crippen LogP contribution in [0.15, 0.2) is 48.5 Å². The number of carbonyl (C=O) groups is 2. The fourth-order valence-corrected chi connectivity index (χ4v) is 5.45. The van der Waals surface area contributed by atoms with Gasteiger partial charge in [0.15, 0.2) is 0 Å². The minimum absolute atomic E-state index is 0.0367. The smallest absolute Gasteiger partial charge is 0.407 e. The lowest BCUT2D eigenvalue weighted by Crippen LogP contribution is -2.24. The van der Waals surface area contributed by atoms with Crippen LogP contribution < -0.4 is 10.6 Å². The van der Waals surface area contributed by atoms with Gasteiger partial charge in [0.25, 0.3) is 0 Å². The van der Waals surface area contributed by atoms with Crippen molar-refractivity contribution < 1.29 is 19.1 Å². The van der Waals surface area contributed by atoms with Crippen LogP contribution in [0.3, 0.4) is 0 Å². The maximum absolute atomic E-state index is 12.3. The van der Waals surface area contributed by atoms with Crippen molar-refractivity contribution in [3.8, 4) is 11.3 Å². The second-order valence-corrected chi connectivity index (χ2v) is 9.67. The molecular weight excluding hydrogens is 504 g/mol. The number of carbonyl (C=O) groups excluding carboxylic acids is 2. The molecule has 38 heavy (non-hydrogen) atoms. The molecule has 3 heterocycles. The number of rotatable bonds is 7. The molecule has 0 unspecified atom stereocenters. The molecule has 5 rings (SSSR count). The van der Waals surface area contributed by atoms with Crippen LogP contribution >= 0.6 is 11.6 Å². The van der Waals surface area contributed by atoms with Crippen molar-refractivity contribution in [2.24, 2.45) is 7.05 Å². The van der Waals surface area contributed by atoms with Gasteiger partial charge in [0.1, 0.15) is 13.2 Å². The fourth-order valence-electron chi connectivity index (χ4n) is 5.32. The highest BCUT2D eigenvalue weighted by molar-refractivity contribution is 6.30. The van der Waals surface area contributed by atoms with E-state index in [9.17, 15) is 9.59 Å². The van der Waals surface area contributed by atoms with Crippen LogP contribution in [0.4, 0.5) is 9.59 Å². The summed E-state index contributed by atoms with van der Waals surface area (Å²) in [6, 6.07) is 16.0. The first-order chi connectivity index (χ1) is 18.4. The van der Waals surface area contributed by atoms with E-state index in [1.54, 1.807) is 0 Å². The zero-order valence-corrected chi connectivity index (χ0v) is 22.5. The first-order valence-corrected chi connectivity index (χ1v) is 13.2. The van der Waals surface area contributed by atoms with Crippen LogP contribution in [0, 0.1) is 0 Å². The maximum Gasteiger partial charge on any atom is 0.407 e. The van der Waals surface area contributed by atoms with E-state index >= 15 is 0 Å². The van der Waals surface area contributed by atoms with Gasteiger partial charge in [-0.05, 0) is 43.2 Å². The second kappa shape index (κ2) is 10.8. The molecule has 1 aliphatic rings. The number of nitrogens with one attached hydrogen (secondary N) is 2. The van der Waals surface area contributed by atoms with Crippen molar-refractivity contribution in [1.29, 1.82) is 0 Å². The summed E-state index contributed by atoms with van der Waals surface area (Å²) in [5.74, 6) is 0. The van der Waals surface area contributed by atoms with Crippen molar-refractivity contribution in [3.63, 3.8) is 0 Å². The Morgan fingerprint density at radius 3 is 2.18 bits per heavy atom. The number of nitrogens with zero attached hydrogens (tertiary/aromatic N) is 2. The summed E-state index contributed by atoms with van der Waals surface area (Å²) < 4.78 is 15.8. The lowest BCUT2D eigenvalue weighted by atomic mass is 9.99. The van der Waals surface area contributed by atoms with Gasteiger partial charge in [0.2, 0.25) is 0 Å². The van der Waals surface area contributed by atoms with Crippen LogP contribution in [0.1, 0.15) is 41.9 Å². The highest BCUT2D eigenvalue weighted by Gasteiger charge is 2.31. The topological polar surface area (TPSA) is 86.5 Å². The van der Waals surface area contributed by atoms with Gasteiger partial charge < -0.3 is 29.2 Å². The Morgan fingerprint density at radius 2 is 1.53 bits per heavy atom. The molecular formula is C29H31ClN4O4. The third kappa shape index (κ3) is 4.72. The molecule has 0 radical (unpaired) electrons. The Kier molecular flexibility index (Phi) is 7.33. The van der Waals surface area contributed by atoms with E-state index in [4.69, 9.17) is 21.1 Å². The molecule has 8 nitrogen and oxygen atoms in total. The van der Waals surface area contributed by atoms with Crippen LogP contribution in [-0.2, 0) is 42.7 Å². The van der Waals surface area contributed by atoms with E-state index in [1.165, 1.54) is 22.2 Å². The molecule has 2 aromatic carbocycles. The first kappa shape index (κ1) is 25.7. The average molecular weight is 535 g/mol. The predicted octanol–water partition coefficient (Wildman–Crippen LogP) is 5.74. The number of alkyl carbamates (subject to hydrolysis) is 2. The molecule has 0 spiro atoms. The number of fused-ring (bicyclic) bond motifs is 4. The minimum atomic E-state index is -0.497. The summed E-state index contributed by atoms with van der Waals surface area (Å²) >= 11 is 6.22. The number of aromatic nitrogens is 2. The molecule has 198 valence electrons. The van der Waals surface area contributed by atoms with E-state index in [0.29, 0.717) is 31.1 Å². The number of hydrogen-bond acceptors (Lipinski definition) is 4. The summed E-state index contributed by atoms with van der Waals surface area (Å²) in [6.45, 7) is 5.33. The molecule has 4 aromatic rings. The van der Waals surface area contributed by atoms with Gasteiger partial charge in [0.05, 0.1) is 12.2 Å². The van der Waals surface area contributed by atoms with Crippen LogP contribution in [0.2, 0.25) is 5.02 Å². The summed E-state index contributed by atoms with van der Waals surface area (Å²) in [5.41, 5.74) is 8.22. The molecule has 9 heteroatoms. The molecule has 1 aliphatic heterocycles. The van der Waals surface area contributed by atoms with Crippen molar-refractivity contribution in [2.45, 2.75) is 40.0 Å². The van der Waals surface area contributed by atoms with Crippen LogP contribution in [0.25, 0.3) is 22.2 Å². The Labute approximate surface area is 226 Å². The standard InChI is InChI=1S/C29H31ClN4O4/c1-4-31-28(35)37-16-22-23(17-38-29(36)32-5-2)27(18-10-12-19(30)13-11-18)34-15-26-21(14-25(22)34)20-8-6-7-9-24(20)33(26)3/h6-13H,4-5,14-17H2,1-3H3,(H,31,35)(H,32,36). The van der Waals surface area contributed by atoms with Gasteiger partial charge in [-0.3, -0.25) is 0 Å². The summed E-state index contributed by atoms with van der Waals surface area (Å²) in [5, 5.41) is 7.22. The molecule has 0 saturated carbocycles. The Hall–Kier alpha value is -3.91. The van der Waals surface area contributed by atoms with Crippen molar-refractivity contribution in [3.05, 3.63) is 81.6 Å². The molecule has 2 aromatic heterocycles. The second-order valence-electron chi connectivity index (χ2n) is 9.24. The quantitative estimate of drug-likeness (QED) is 0.278. The molecule has 2 N–H and O–H groups in total. The third-order valence-electron chi connectivity index (χ3n) is 7.05. The monoisotopic (exact) mass is 534 g/mol. The SMILES string of the molecule is CCNC(=O)OCc1c(COC(=O)NCC)c(-c2ccc(Cl)cc2)n2c1Cc1c(n(C)c3ccccc13)C2. The largest absolute Gasteiger partial charge is 0.445 e. The number of benzene rings is 2. The summed E-state index contributed by atoms with van der Waals surface area (Å²) in [6.07, 6.45) is -0.326. The number of halogens is 1. The van der Waals surface area contributed by atoms with Gasteiger partial charge in [-0.1, -0.05) is 41.9 Å². The third-order valence-corrected chi connectivity index (χ3v) is 7.30. The maximum atomic E-state index is 12.3. The predicted molar refractivity (Wildman–Crippen MR) is 147 cm³/mol. The number of ether oxygens (including phenoxy) is 2. The lowest BCUT2D eigenvalue weighted by molar-refractivity contribution is 0.132. The van der Waals surface area contributed by atoms with Gasteiger partial charge in [0, 0.05) is 65.0 Å². The zero-order valence-electron chi connectivity index (χ0n) is 21.8. The number of hydrogen-bond donors (Lipinski definition) is 2. The fraction of sp³-hybridized carbons (Fsp3) is 0.310. The molecule has 0 fully saturated rings. The van der Waals surface area contributed by atoms with Gasteiger partial charge >= 0.3 is 12.2 Å². The van der Waals surface area contributed by atoms with Gasteiger partial charge in [-0.25, -0.2) is 9.59 Å². The Balaban J connectivity index is 1.67. The summed E-state index contributed by atoms with van der Waals surface area (Å²) in [4.78, 5) is 24.6. The highest BCUT2D eigenvalue weighted by Crippen LogP contribution is 2.40. The molecule has 0 bridgehead atoms. The van der Waals surface area contributed by atoms with E-state index in [1.807, 2.05) is 38.1 Å². The zero-order chi connectivity index (χ0) is 26.8. The van der Waals surface area contributed by atoms with Crippen molar-refractivity contribution >= 4 is 34.7 Å². The normalized spacial score (nSPS) is 12.1.